The van der Waals surface area contributed by atoms with Crippen LogP contribution in [0, 0.1) is 5.82 Å². The van der Waals surface area contributed by atoms with Gasteiger partial charge in [0, 0.05) is 52.2 Å². The number of halogens is 3. The Labute approximate surface area is 265 Å². The molecular formula is C33H31Cl2FN6O2. The van der Waals surface area contributed by atoms with E-state index < -0.39 is 5.82 Å². The molecule has 6 rings (SSSR count). The predicted octanol–water partition coefficient (Wildman–Crippen LogP) is 6.91. The number of rotatable bonds is 6. The molecule has 1 amide bonds. The molecule has 0 bridgehead atoms. The summed E-state index contributed by atoms with van der Waals surface area (Å²) in [5.41, 5.74) is 4.54. The Hall–Kier alpha value is -4.05. The highest BCUT2D eigenvalue weighted by Gasteiger charge is 2.31. The smallest absolute Gasteiger partial charge is 0.255 e. The number of hydrogen-bond donors (Lipinski definition) is 2. The molecule has 226 valence electrons. The number of benzene rings is 3. The highest BCUT2D eigenvalue weighted by molar-refractivity contribution is 6.34. The van der Waals surface area contributed by atoms with Gasteiger partial charge in [-0.1, -0.05) is 35.3 Å². The van der Waals surface area contributed by atoms with E-state index >= 15 is 4.39 Å². The molecule has 0 radical (unpaired) electrons. The minimum Gasteiger partial charge on any atom is -0.496 e. The van der Waals surface area contributed by atoms with E-state index in [2.05, 4.69) is 22.5 Å². The summed E-state index contributed by atoms with van der Waals surface area (Å²) in [4.78, 5) is 29.2. The fourth-order valence-electron chi connectivity index (χ4n) is 5.62. The van der Waals surface area contributed by atoms with Gasteiger partial charge in [0.25, 0.3) is 5.91 Å². The largest absolute Gasteiger partial charge is 0.496 e. The summed E-state index contributed by atoms with van der Waals surface area (Å²) < 4.78 is 20.7. The van der Waals surface area contributed by atoms with E-state index in [0.29, 0.717) is 63.1 Å². The van der Waals surface area contributed by atoms with Crippen molar-refractivity contribution in [2.24, 2.45) is 4.99 Å². The van der Waals surface area contributed by atoms with Gasteiger partial charge in [0.05, 0.1) is 41.2 Å². The first kappa shape index (κ1) is 30.0. The molecule has 2 aliphatic rings. The van der Waals surface area contributed by atoms with Gasteiger partial charge in [0.2, 0.25) is 5.95 Å². The zero-order valence-electron chi connectivity index (χ0n) is 24.5. The van der Waals surface area contributed by atoms with E-state index in [-0.39, 0.29) is 23.6 Å². The van der Waals surface area contributed by atoms with Crippen LogP contribution in [0.15, 0.2) is 65.8 Å². The molecule has 0 unspecified atom stereocenters. The standard InChI is InChI=1S/C33H31Cl2FN6O2/c1-33(37-2)11-13-42(14-12-33)31(43)23-10-8-21(16-25(23)35)40-32-39-18-19-17-38-30(28-26(36)5-4-6-27(28)44-3)24-15-20(34)7-9-22(24)29(19)41-32/h4-10,15-16,18,37H,11-14,17H2,1-3H3,(H,39,40,41). The van der Waals surface area contributed by atoms with Crippen molar-refractivity contribution in [1.82, 2.24) is 20.2 Å². The highest BCUT2D eigenvalue weighted by atomic mass is 35.5. The van der Waals surface area contributed by atoms with E-state index in [1.54, 1.807) is 48.7 Å². The quantitative estimate of drug-likeness (QED) is 0.240. The summed E-state index contributed by atoms with van der Waals surface area (Å²) in [7, 11) is 3.45. The number of methoxy groups -OCH3 is 1. The summed E-state index contributed by atoms with van der Waals surface area (Å²) in [6, 6.07) is 15.2. The van der Waals surface area contributed by atoms with Crippen molar-refractivity contribution in [1.29, 1.82) is 0 Å². The maximum Gasteiger partial charge on any atom is 0.255 e. The number of carbonyl (C=O) groups is 1. The molecule has 0 saturated carbocycles. The molecule has 2 N–H and O–H groups in total. The molecule has 44 heavy (non-hydrogen) atoms. The lowest BCUT2D eigenvalue weighted by Crippen LogP contribution is -2.51. The van der Waals surface area contributed by atoms with Gasteiger partial charge in [-0.2, -0.15) is 0 Å². The van der Waals surface area contributed by atoms with Crippen LogP contribution >= 0.6 is 23.2 Å². The third-order valence-electron chi connectivity index (χ3n) is 8.41. The van der Waals surface area contributed by atoms with E-state index in [0.717, 1.165) is 24.0 Å². The average molecular weight is 634 g/mol. The van der Waals surface area contributed by atoms with Crippen molar-refractivity contribution in [3.05, 3.63) is 98.9 Å². The van der Waals surface area contributed by atoms with Crippen molar-refractivity contribution >= 4 is 46.5 Å². The van der Waals surface area contributed by atoms with Crippen molar-refractivity contribution < 1.29 is 13.9 Å². The molecule has 0 aliphatic carbocycles. The van der Waals surface area contributed by atoms with Gasteiger partial charge in [0.1, 0.15) is 11.6 Å². The molecule has 1 aromatic heterocycles. The number of fused-ring (bicyclic) bond motifs is 3. The zero-order chi connectivity index (χ0) is 31.0. The van der Waals surface area contributed by atoms with E-state index in [1.165, 1.54) is 13.2 Å². The lowest BCUT2D eigenvalue weighted by Gasteiger charge is -2.39. The normalized spacial score (nSPS) is 15.5. The maximum absolute atomic E-state index is 15.2. The van der Waals surface area contributed by atoms with Crippen LogP contribution in [0.25, 0.3) is 11.3 Å². The third-order valence-corrected chi connectivity index (χ3v) is 8.96. The second-order valence-electron chi connectivity index (χ2n) is 11.2. The van der Waals surface area contributed by atoms with Crippen molar-refractivity contribution in [3.8, 4) is 17.0 Å². The number of anilines is 2. The summed E-state index contributed by atoms with van der Waals surface area (Å²) in [6.45, 7) is 3.72. The van der Waals surface area contributed by atoms with Crippen molar-refractivity contribution in [2.75, 3.05) is 32.6 Å². The van der Waals surface area contributed by atoms with Gasteiger partial charge < -0.3 is 20.3 Å². The first-order valence-electron chi connectivity index (χ1n) is 14.3. The lowest BCUT2D eigenvalue weighted by atomic mass is 9.89. The monoisotopic (exact) mass is 632 g/mol. The Morgan fingerprint density at radius 1 is 1.07 bits per heavy atom. The number of likely N-dealkylation sites (tertiary alicyclic amines) is 1. The average Bonchev–Trinajstić information content (AvgIpc) is 3.17. The maximum atomic E-state index is 15.2. The summed E-state index contributed by atoms with van der Waals surface area (Å²) >= 11 is 13.0. The molecule has 3 heterocycles. The minimum absolute atomic E-state index is 0.0350. The number of nitrogens with one attached hydrogen (secondary N) is 2. The van der Waals surface area contributed by atoms with Crippen LogP contribution in [-0.4, -0.2) is 59.3 Å². The number of hydrogen-bond acceptors (Lipinski definition) is 7. The van der Waals surface area contributed by atoms with Gasteiger partial charge in [-0.3, -0.25) is 9.79 Å². The van der Waals surface area contributed by atoms with Crippen molar-refractivity contribution in [3.63, 3.8) is 0 Å². The summed E-state index contributed by atoms with van der Waals surface area (Å²) in [5.74, 6) is 0.154. The molecule has 1 fully saturated rings. The third kappa shape index (κ3) is 5.75. The topological polar surface area (TPSA) is 91.7 Å². The molecule has 1 saturated heterocycles. The van der Waals surface area contributed by atoms with Crippen LogP contribution < -0.4 is 15.4 Å². The van der Waals surface area contributed by atoms with Crippen LogP contribution in [0.5, 0.6) is 5.75 Å². The van der Waals surface area contributed by atoms with E-state index in [4.69, 9.17) is 37.9 Å². The molecule has 2 aliphatic heterocycles. The Bertz CT molecular complexity index is 1790. The van der Waals surface area contributed by atoms with Crippen LogP contribution in [0.3, 0.4) is 0 Å². The van der Waals surface area contributed by atoms with Crippen LogP contribution in [0.1, 0.15) is 46.8 Å². The summed E-state index contributed by atoms with van der Waals surface area (Å²) in [6.07, 6.45) is 3.44. The molecule has 11 heteroatoms. The Balaban J connectivity index is 1.28. The number of carbonyl (C=O) groups excluding carboxylic acids is 1. The molecule has 0 atom stereocenters. The molecule has 0 spiro atoms. The van der Waals surface area contributed by atoms with Crippen molar-refractivity contribution in [2.45, 2.75) is 31.8 Å². The number of nitrogens with zero attached hydrogens (tertiary/aromatic N) is 4. The van der Waals surface area contributed by atoms with Gasteiger partial charge in [-0.15, -0.1) is 0 Å². The van der Waals surface area contributed by atoms with Gasteiger partial charge in [-0.05, 0) is 69.3 Å². The molecule has 3 aromatic carbocycles. The second kappa shape index (κ2) is 12.1. The Morgan fingerprint density at radius 3 is 2.59 bits per heavy atom. The fourth-order valence-corrected chi connectivity index (χ4v) is 6.05. The number of ether oxygens (including phenoxy) is 1. The van der Waals surface area contributed by atoms with Crippen LogP contribution in [-0.2, 0) is 6.54 Å². The fraction of sp³-hybridized carbons (Fsp3) is 0.273. The Kier molecular flexibility index (Phi) is 8.28. The lowest BCUT2D eigenvalue weighted by molar-refractivity contribution is 0.0662. The summed E-state index contributed by atoms with van der Waals surface area (Å²) in [5, 5.41) is 7.38. The molecule has 4 aromatic rings. The van der Waals surface area contributed by atoms with Crippen LogP contribution in [0.2, 0.25) is 10.0 Å². The zero-order valence-corrected chi connectivity index (χ0v) is 26.1. The van der Waals surface area contributed by atoms with Gasteiger partial charge >= 0.3 is 0 Å². The molecule has 8 nitrogen and oxygen atoms in total. The number of amides is 1. The first-order valence-corrected chi connectivity index (χ1v) is 15.0. The van der Waals surface area contributed by atoms with E-state index in [1.807, 2.05) is 18.0 Å². The second-order valence-corrected chi connectivity index (χ2v) is 12.0. The number of aromatic nitrogens is 2. The highest BCUT2D eigenvalue weighted by Crippen LogP contribution is 2.36. The van der Waals surface area contributed by atoms with Gasteiger partial charge in [0.15, 0.2) is 0 Å². The Morgan fingerprint density at radius 2 is 1.86 bits per heavy atom. The number of aliphatic imine (C=N–C) groups is 1. The van der Waals surface area contributed by atoms with Gasteiger partial charge in [-0.25, -0.2) is 14.4 Å². The minimum atomic E-state index is -0.455. The SMILES string of the molecule is CNC1(C)CCN(C(=O)c2ccc(Nc3ncc4c(n3)-c3ccc(Cl)cc3C(c3c(F)cccc3OC)=NC4)cc2Cl)CC1. The molecular weight excluding hydrogens is 602 g/mol. The van der Waals surface area contributed by atoms with Crippen LogP contribution in [0.4, 0.5) is 16.0 Å². The number of piperidine rings is 1. The van der Waals surface area contributed by atoms with E-state index in [9.17, 15) is 4.79 Å². The first-order chi connectivity index (χ1) is 21.2. The predicted molar refractivity (Wildman–Crippen MR) is 172 cm³/mol.